The third-order valence-corrected chi connectivity index (χ3v) is 12.3. The van der Waals surface area contributed by atoms with Gasteiger partial charge in [-0.05, 0) is 140 Å². The summed E-state index contributed by atoms with van der Waals surface area (Å²) < 4.78 is 2.47. The number of likely N-dealkylation sites (tertiary alicyclic amines) is 2. The maximum absolute atomic E-state index is 12.4. The van der Waals surface area contributed by atoms with E-state index in [2.05, 4.69) is 16.8 Å². The van der Waals surface area contributed by atoms with Crippen molar-refractivity contribution in [1.82, 2.24) is 18.9 Å². The number of benzene rings is 4. The number of aromatic hydroxyl groups is 2. The number of Topliss-reactive ketones (excluding diaryl/α,β-unsaturated/α-hetero) is 2. The molecule has 6 aromatic rings. The summed E-state index contributed by atoms with van der Waals surface area (Å²) in [6.07, 6.45) is 3.44. The van der Waals surface area contributed by atoms with Gasteiger partial charge >= 0.3 is 0 Å². The molecule has 2 aliphatic heterocycles. The van der Waals surface area contributed by atoms with E-state index in [9.17, 15) is 39.5 Å². The topological polar surface area (TPSA) is 219 Å². The Morgan fingerprint density at radius 2 is 0.939 bits per heavy atom. The van der Waals surface area contributed by atoms with Crippen LogP contribution in [0.15, 0.2) is 94.9 Å². The van der Waals surface area contributed by atoms with E-state index >= 15 is 0 Å². The van der Waals surface area contributed by atoms with Crippen LogP contribution in [0.1, 0.15) is 106 Å². The van der Waals surface area contributed by atoms with Crippen LogP contribution in [-0.2, 0) is 0 Å². The molecule has 0 unspecified atom stereocenters. The maximum atomic E-state index is 12.4. The molecule has 0 radical (unpaired) electrons. The molecule has 8 rings (SSSR count). The minimum absolute atomic E-state index is 0.0208. The van der Waals surface area contributed by atoms with Gasteiger partial charge in [-0.2, -0.15) is 0 Å². The van der Waals surface area contributed by atoms with E-state index in [0.29, 0.717) is 66.7 Å². The van der Waals surface area contributed by atoms with Gasteiger partial charge in [-0.25, -0.2) is 0 Å². The standard InChI is InChI=1S/C25H26N4O5.C25H28N4O3/c1-15(30)18-6-9-22-21(14-18)23(25(32)28(22)16(2)31)24(26-19-10-12-27(3)13-11-19)17-4-7-20(8-5-17)29(33)34;1-15(30)18-6-9-22-21(14-18)23(25(32)29(22)16(2)31)24(17-4-7-19(26)8-5-17)27-20-10-12-28(3)13-11-20/h4-9,14,19,32H,10-13H2,1-3H3;4-9,14,20,32H,10-13,26H2,1-3H3. The summed E-state index contributed by atoms with van der Waals surface area (Å²) in [5.41, 5.74) is 11.6. The SMILES string of the molecule is CC(=O)c1ccc2c(c1)c(C(=NC1CCN(C)CC1)c1ccc(N)cc1)c(O)n2C(C)=O.CC(=O)c1ccc2c(c1)c(C(=NC1CCN(C)CC1)c1ccc([N+](=O)[O-])cc1)c(O)n2C(C)=O. The number of nitrogens with two attached hydrogens (primary N) is 1. The van der Waals surface area contributed by atoms with Crippen molar-refractivity contribution in [2.45, 2.75) is 65.5 Å². The summed E-state index contributed by atoms with van der Waals surface area (Å²) in [5, 5.41) is 34.7. The lowest BCUT2D eigenvalue weighted by Gasteiger charge is -2.27. The Bertz CT molecular complexity index is 2930. The molecule has 4 heterocycles. The fourth-order valence-electron chi connectivity index (χ4n) is 8.66. The van der Waals surface area contributed by atoms with E-state index in [-0.39, 0.29) is 52.9 Å². The lowest BCUT2D eigenvalue weighted by molar-refractivity contribution is -0.384. The lowest BCUT2D eigenvalue weighted by atomic mass is 9.97. The minimum Gasteiger partial charge on any atom is -0.494 e. The Morgan fingerprint density at radius 3 is 1.27 bits per heavy atom. The van der Waals surface area contributed by atoms with Gasteiger partial charge in [0.05, 0.1) is 50.6 Å². The Kier molecular flexibility index (Phi) is 13.7. The molecule has 2 saturated heterocycles. The van der Waals surface area contributed by atoms with Crippen LogP contribution < -0.4 is 5.73 Å². The van der Waals surface area contributed by atoms with Gasteiger partial charge < -0.3 is 25.7 Å². The number of aromatic nitrogens is 2. The van der Waals surface area contributed by atoms with E-state index in [1.54, 1.807) is 60.7 Å². The van der Waals surface area contributed by atoms with Crippen molar-refractivity contribution in [3.8, 4) is 11.8 Å². The Labute approximate surface area is 381 Å². The van der Waals surface area contributed by atoms with Crippen LogP contribution in [0.4, 0.5) is 11.4 Å². The molecule has 4 N–H and O–H groups in total. The summed E-state index contributed by atoms with van der Waals surface area (Å²) >= 11 is 0. The Morgan fingerprint density at radius 1 is 0.591 bits per heavy atom. The van der Waals surface area contributed by atoms with Crippen LogP contribution in [0, 0.1) is 10.1 Å². The van der Waals surface area contributed by atoms with Crippen molar-refractivity contribution in [3.63, 3.8) is 0 Å². The Hall–Kier alpha value is -7.30. The van der Waals surface area contributed by atoms with Gasteiger partial charge in [0.1, 0.15) is 0 Å². The summed E-state index contributed by atoms with van der Waals surface area (Å²) in [6, 6.07) is 23.4. The number of anilines is 1. The molecule has 0 aliphatic carbocycles. The average Bonchev–Trinajstić information content (AvgIpc) is 3.75. The van der Waals surface area contributed by atoms with Crippen molar-refractivity contribution in [3.05, 3.63) is 128 Å². The van der Waals surface area contributed by atoms with E-state index < -0.39 is 4.92 Å². The molecule has 2 aromatic heterocycles. The first-order valence-corrected chi connectivity index (χ1v) is 21.9. The van der Waals surface area contributed by atoms with Gasteiger partial charge in [0.25, 0.3) is 5.69 Å². The number of carbonyl (C=O) groups is 4. The number of aliphatic imine (C=N–C) groups is 2. The number of nitro groups is 1. The van der Waals surface area contributed by atoms with Crippen LogP contribution >= 0.6 is 0 Å². The van der Waals surface area contributed by atoms with Gasteiger partial charge in [-0.15, -0.1) is 0 Å². The number of hydrogen-bond acceptors (Lipinski definition) is 13. The molecular weight excluding hydrogens is 841 g/mol. The molecule has 66 heavy (non-hydrogen) atoms. The van der Waals surface area contributed by atoms with Crippen molar-refractivity contribution in [2.75, 3.05) is 46.0 Å². The maximum Gasteiger partial charge on any atom is 0.269 e. The molecule has 16 heteroatoms. The summed E-state index contributed by atoms with van der Waals surface area (Å²) in [7, 11) is 4.14. The van der Waals surface area contributed by atoms with Crippen molar-refractivity contribution in [2.24, 2.45) is 9.98 Å². The molecular formula is C50H54N8O8. The smallest absolute Gasteiger partial charge is 0.269 e. The number of carbonyl (C=O) groups excluding carboxylic acids is 4. The molecule has 16 nitrogen and oxygen atoms in total. The van der Waals surface area contributed by atoms with E-state index in [0.717, 1.165) is 57.4 Å². The summed E-state index contributed by atoms with van der Waals surface area (Å²) in [4.78, 5) is 74.2. The van der Waals surface area contributed by atoms with Gasteiger partial charge in [0, 0.05) is 64.7 Å². The van der Waals surface area contributed by atoms with Gasteiger partial charge in [0.2, 0.25) is 23.6 Å². The Balaban J connectivity index is 0.000000197. The minimum atomic E-state index is -0.476. The van der Waals surface area contributed by atoms with Crippen LogP contribution in [-0.4, -0.2) is 121 Å². The van der Waals surface area contributed by atoms with Gasteiger partial charge in [0.15, 0.2) is 11.6 Å². The number of nitrogen functional groups attached to an aromatic ring is 1. The second kappa shape index (κ2) is 19.4. The fourth-order valence-corrected chi connectivity index (χ4v) is 8.66. The molecule has 0 bridgehead atoms. The van der Waals surface area contributed by atoms with Crippen LogP contribution in [0.2, 0.25) is 0 Å². The summed E-state index contributed by atoms with van der Waals surface area (Å²) in [6.45, 7) is 9.33. The van der Waals surface area contributed by atoms with Crippen LogP contribution in [0.3, 0.4) is 0 Å². The highest BCUT2D eigenvalue weighted by molar-refractivity contribution is 6.24. The number of fused-ring (bicyclic) bond motifs is 2. The first kappa shape index (κ1) is 46.7. The van der Waals surface area contributed by atoms with Gasteiger partial charge in [-0.1, -0.05) is 12.1 Å². The zero-order valence-corrected chi connectivity index (χ0v) is 37.9. The number of piperidine rings is 2. The van der Waals surface area contributed by atoms with E-state index in [4.69, 9.17) is 15.7 Å². The summed E-state index contributed by atoms with van der Waals surface area (Å²) in [5.74, 6) is -1.37. The molecule has 0 amide bonds. The third kappa shape index (κ3) is 9.70. The van der Waals surface area contributed by atoms with Crippen molar-refractivity contribution >= 4 is 68.0 Å². The van der Waals surface area contributed by atoms with E-state index in [1.807, 2.05) is 19.2 Å². The van der Waals surface area contributed by atoms with Crippen LogP contribution in [0.5, 0.6) is 11.8 Å². The monoisotopic (exact) mass is 894 g/mol. The number of nitro benzene ring substituents is 1. The largest absolute Gasteiger partial charge is 0.494 e. The molecule has 2 fully saturated rings. The first-order chi connectivity index (χ1) is 31.4. The fraction of sp³-hybridized carbons (Fsp3) is 0.320. The zero-order chi connectivity index (χ0) is 47.6. The number of hydrogen-bond donors (Lipinski definition) is 3. The highest BCUT2D eigenvalue weighted by Crippen LogP contribution is 2.37. The number of ketones is 2. The highest BCUT2D eigenvalue weighted by Gasteiger charge is 2.29. The first-order valence-electron chi connectivity index (χ1n) is 21.9. The highest BCUT2D eigenvalue weighted by atomic mass is 16.6. The predicted molar refractivity (Wildman–Crippen MR) is 256 cm³/mol. The molecule has 0 spiro atoms. The van der Waals surface area contributed by atoms with Gasteiger partial charge in [-0.3, -0.25) is 48.4 Å². The molecule has 0 atom stereocenters. The number of nitrogens with zero attached hydrogens (tertiary/aromatic N) is 7. The van der Waals surface area contributed by atoms with Crippen molar-refractivity contribution < 1.29 is 34.3 Å². The molecule has 2 aliphatic rings. The second-order valence-electron chi connectivity index (χ2n) is 17.1. The normalized spacial score (nSPS) is 15.7. The molecule has 4 aromatic carbocycles. The average molecular weight is 895 g/mol. The quantitative estimate of drug-likeness (QED) is 0.0418. The number of non-ortho nitro benzene ring substituents is 1. The second-order valence-corrected chi connectivity index (χ2v) is 17.1. The van der Waals surface area contributed by atoms with Crippen LogP contribution in [0.25, 0.3) is 21.8 Å². The molecule has 342 valence electrons. The van der Waals surface area contributed by atoms with E-state index in [1.165, 1.54) is 49.0 Å². The number of rotatable bonds is 9. The zero-order valence-electron chi connectivity index (χ0n) is 37.9. The third-order valence-electron chi connectivity index (χ3n) is 12.3. The lowest BCUT2D eigenvalue weighted by Crippen LogP contribution is -2.32. The van der Waals surface area contributed by atoms with Crippen molar-refractivity contribution in [1.29, 1.82) is 0 Å². The molecule has 0 saturated carbocycles. The predicted octanol–water partition coefficient (Wildman–Crippen LogP) is 7.77.